The lowest BCUT2D eigenvalue weighted by molar-refractivity contribution is -0.137. The van der Waals surface area contributed by atoms with Crippen LogP contribution in [0.4, 0.5) is 18.9 Å². The lowest BCUT2D eigenvalue weighted by atomic mass is 10.1. The quantitative estimate of drug-likeness (QED) is 0.677. The zero-order valence-electron chi connectivity index (χ0n) is 16.0. The number of halogens is 3. The van der Waals surface area contributed by atoms with Gasteiger partial charge >= 0.3 is 6.18 Å². The van der Waals surface area contributed by atoms with Crippen LogP contribution < -0.4 is 10.0 Å². The van der Waals surface area contributed by atoms with Gasteiger partial charge in [0.05, 0.1) is 17.0 Å². The maximum Gasteiger partial charge on any atom is 0.416 e. The molecule has 1 amide bonds. The van der Waals surface area contributed by atoms with Gasteiger partial charge < -0.3 is 10.2 Å². The van der Waals surface area contributed by atoms with E-state index in [0.717, 1.165) is 36.7 Å². The molecule has 0 saturated carbocycles. The standard InChI is InChI=1S/C19H22F3N3O3S/c1-25(2)11-10-14-6-8-16(9-7-14)24-18(26)13-23-29(27,28)17-5-3-4-15(12-17)19(20,21)22/h3-9,12,23H,10-11,13H2,1-2H3,(H,24,26). The highest BCUT2D eigenvalue weighted by Crippen LogP contribution is 2.30. The number of alkyl halides is 3. The first-order chi connectivity index (χ1) is 13.5. The minimum absolute atomic E-state index is 0.488. The Morgan fingerprint density at radius 1 is 1.07 bits per heavy atom. The van der Waals surface area contributed by atoms with Crippen molar-refractivity contribution >= 4 is 21.6 Å². The molecular weight excluding hydrogens is 407 g/mol. The van der Waals surface area contributed by atoms with Gasteiger partial charge in [0.1, 0.15) is 0 Å². The SMILES string of the molecule is CN(C)CCc1ccc(NC(=O)CNS(=O)(=O)c2cccc(C(F)(F)F)c2)cc1. The van der Waals surface area contributed by atoms with Gasteiger partial charge in [-0.25, -0.2) is 13.1 Å². The molecule has 2 aromatic carbocycles. The van der Waals surface area contributed by atoms with Gasteiger partial charge in [0, 0.05) is 12.2 Å². The Morgan fingerprint density at radius 2 is 1.72 bits per heavy atom. The molecule has 0 atom stereocenters. The van der Waals surface area contributed by atoms with Gasteiger partial charge in [-0.15, -0.1) is 0 Å². The first-order valence-corrected chi connectivity index (χ1v) is 10.2. The fourth-order valence-electron chi connectivity index (χ4n) is 2.40. The average molecular weight is 429 g/mol. The first kappa shape index (κ1) is 22.9. The van der Waals surface area contributed by atoms with Crippen LogP contribution in [0.15, 0.2) is 53.4 Å². The first-order valence-electron chi connectivity index (χ1n) is 8.68. The fourth-order valence-corrected chi connectivity index (χ4v) is 3.42. The van der Waals surface area contributed by atoms with E-state index in [4.69, 9.17) is 0 Å². The van der Waals surface area contributed by atoms with Crippen molar-refractivity contribution in [2.45, 2.75) is 17.5 Å². The molecule has 0 heterocycles. The minimum atomic E-state index is -4.67. The third-order valence-corrected chi connectivity index (χ3v) is 5.38. The van der Waals surface area contributed by atoms with E-state index in [-0.39, 0.29) is 0 Å². The second-order valence-corrected chi connectivity index (χ2v) is 8.42. The summed E-state index contributed by atoms with van der Waals surface area (Å²) in [6.45, 7) is 0.268. The van der Waals surface area contributed by atoms with Gasteiger partial charge in [0.15, 0.2) is 0 Å². The molecular formula is C19H22F3N3O3S. The highest BCUT2D eigenvalue weighted by Gasteiger charge is 2.31. The molecule has 0 fully saturated rings. The molecule has 0 aliphatic rings. The van der Waals surface area contributed by atoms with Gasteiger partial charge in [-0.05, 0) is 56.4 Å². The molecule has 10 heteroatoms. The Bertz CT molecular complexity index is 943. The number of carbonyl (C=O) groups excluding carboxylic acids is 1. The van der Waals surface area contributed by atoms with Crippen LogP contribution in [-0.2, 0) is 27.4 Å². The van der Waals surface area contributed by atoms with Gasteiger partial charge in [-0.2, -0.15) is 13.2 Å². The van der Waals surface area contributed by atoms with Crippen molar-refractivity contribution in [1.82, 2.24) is 9.62 Å². The van der Waals surface area contributed by atoms with Gasteiger partial charge in [-0.3, -0.25) is 4.79 Å². The lowest BCUT2D eigenvalue weighted by Gasteiger charge is -2.11. The summed E-state index contributed by atoms with van der Waals surface area (Å²) < 4.78 is 64.6. The number of hydrogen-bond acceptors (Lipinski definition) is 4. The predicted octanol–water partition coefficient (Wildman–Crippen LogP) is 2.73. The second-order valence-electron chi connectivity index (χ2n) is 6.65. The minimum Gasteiger partial charge on any atom is -0.325 e. The molecule has 0 saturated heterocycles. The molecule has 0 radical (unpaired) electrons. The van der Waals surface area contributed by atoms with E-state index in [1.54, 1.807) is 12.1 Å². The van der Waals surface area contributed by atoms with E-state index in [2.05, 4.69) is 5.32 Å². The van der Waals surface area contributed by atoms with Crippen LogP contribution in [-0.4, -0.2) is 46.4 Å². The molecule has 2 aromatic rings. The summed E-state index contributed by atoms with van der Waals surface area (Å²) in [4.78, 5) is 13.5. The Morgan fingerprint density at radius 3 is 2.31 bits per heavy atom. The summed E-state index contributed by atoms with van der Waals surface area (Å²) in [6.07, 6.45) is -3.82. The number of hydrogen-bond donors (Lipinski definition) is 2. The van der Waals surface area contributed by atoms with E-state index < -0.39 is 39.1 Å². The summed E-state index contributed by atoms with van der Waals surface area (Å²) in [7, 11) is -0.334. The molecule has 6 nitrogen and oxygen atoms in total. The molecule has 0 spiro atoms. The van der Waals surface area contributed by atoms with Crippen LogP contribution >= 0.6 is 0 Å². The monoisotopic (exact) mass is 429 g/mol. The number of anilines is 1. The summed E-state index contributed by atoms with van der Waals surface area (Å²) in [5.74, 6) is -0.637. The molecule has 29 heavy (non-hydrogen) atoms. The normalized spacial score (nSPS) is 12.2. The number of rotatable bonds is 8. The maximum absolute atomic E-state index is 12.7. The largest absolute Gasteiger partial charge is 0.416 e. The molecule has 0 aromatic heterocycles. The highest BCUT2D eigenvalue weighted by atomic mass is 32.2. The van der Waals surface area contributed by atoms with E-state index in [0.29, 0.717) is 11.8 Å². The van der Waals surface area contributed by atoms with Crippen molar-refractivity contribution in [2.75, 3.05) is 32.5 Å². The molecule has 0 bridgehead atoms. The van der Waals surface area contributed by atoms with Gasteiger partial charge in [-0.1, -0.05) is 18.2 Å². The fraction of sp³-hybridized carbons (Fsp3) is 0.316. The van der Waals surface area contributed by atoms with Crippen LogP contribution in [0.25, 0.3) is 0 Å². The van der Waals surface area contributed by atoms with Gasteiger partial charge in [0.2, 0.25) is 15.9 Å². The predicted molar refractivity (Wildman–Crippen MR) is 104 cm³/mol. The summed E-state index contributed by atoms with van der Waals surface area (Å²) in [6, 6.07) is 10.4. The number of nitrogens with zero attached hydrogens (tertiary/aromatic N) is 1. The van der Waals surface area contributed by atoms with Crippen molar-refractivity contribution in [3.8, 4) is 0 Å². The molecule has 0 aliphatic carbocycles. The number of sulfonamides is 1. The maximum atomic E-state index is 12.7. The number of carbonyl (C=O) groups is 1. The number of amides is 1. The Hall–Kier alpha value is -2.43. The van der Waals surface area contributed by atoms with E-state index in [1.807, 2.05) is 35.9 Å². The van der Waals surface area contributed by atoms with Crippen LogP contribution in [0, 0.1) is 0 Å². The zero-order chi connectivity index (χ0) is 21.7. The molecule has 2 rings (SSSR count). The Labute approximate surface area is 167 Å². The number of benzene rings is 2. The van der Waals surface area contributed by atoms with Crippen LogP contribution in [0.3, 0.4) is 0 Å². The van der Waals surface area contributed by atoms with Crippen LogP contribution in [0.1, 0.15) is 11.1 Å². The second kappa shape index (κ2) is 9.38. The summed E-state index contributed by atoms with van der Waals surface area (Å²) >= 11 is 0. The van der Waals surface area contributed by atoms with E-state index in [9.17, 15) is 26.4 Å². The van der Waals surface area contributed by atoms with Crippen molar-refractivity contribution in [2.24, 2.45) is 0 Å². The smallest absolute Gasteiger partial charge is 0.325 e. The lowest BCUT2D eigenvalue weighted by Crippen LogP contribution is -2.33. The van der Waals surface area contributed by atoms with Crippen molar-refractivity contribution in [3.63, 3.8) is 0 Å². The van der Waals surface area contributed by atoms with Crippen molar-refractivity contribution in [1.29, 1.82) is 0 Å². The molecule has 158 valence electrons. The molecule has 0 aliphatic heterocycles. The average Bonchev–Trinajstić information content (AvgIpc) is 2.65. The Kier molecular flexibility index (Phi) is 7.39. The highest BCUT2D eigenvalue weighted by molar-refractivity contribution is 7.89. The third-order valence-electron chi connectivity index (χ3n) is 3.98. The Balaban J connectivity index is 1.94. The van der Waals surface area contributed by atoms with Crippen molar-refractivity contribution < 1.29 is 26.4 Å². The van der Waals surface area contributed by atoms with Crippen LogP contribution in [0.2, 0.25) is 0 Å². The van der Waals surface area contributed by atoms with E-state index in [1.165, 1.54) is 0 Å². The summed E-state index contributed by atoms with van der Waals surface area (Å²) in [5, 5.41) is 2.54. The molecule has 0 unspecified atom stereocenters. The van der Waals surface area contributed by atoms with Crippen molar-refractivity contribution in [3.05, 3.63) is 59.7 Å². The third kappa shape index (κ3) is 7.15. The zero-order valence-corrected chi connectivity index (χ0v) is 16.8. The van der Waals surface area contributed by atoms with E-state index >= 15 is 0 Å². The number of likely N-dealkylation sites (N-methyl/N-ethyl adjacent to an activating group) is 1. The van der Waals surface area contributed by atoms with Crippen LogP contribution in [0.5, 0.6) is 0 Å². The summed E-state index contributed by atoms with van der Waals surface area (Å²) in [5.41, 5.74) is 0.489. The topological polar surface area (TPSA) is 78.5 Å². The number of nitrogens with one attached hydrogen (secondary N) is 2. The van der Waals surface area contributed by atoms with Gasteiger partial charge in [0.25, 0.3) is 0 Å². The molecule has 2 N–H and O–H groups in total.